The number of benzene rings is 2. The second kappa shape index (κ2) is 7.24. The molecule has 7 heteroatoms. The Hall–Kier alpha value is -1.92. The average molecular weight is 412 g/mol. The molecule has 2 rings (SSSR count). The highest BCUT2D eigenvalue weighted by atomic mass is 35.5. The molecule has 1 N–H and O–H groups in total. The highest BCUT2D eigenvalue weighted by molar-refractivity contribution is 7.93. The van der Waals surface area contributed by atoms with E-state index in [-0.39, 0.29) is 10.4 Å². The molecule has 0 saturated carbocycles. The summed E-state index contributed by atoms with van der Waals surface area (Å²) in [5, 5.41) is 2.71. The van der Waals surface area contributed by atoms with Crippen molar-refractivity contribution in [1.82, 2.24) is 0 Å². The molecule has 2 aromatic carbocycles. The van der Waals surface area contributed by atoms with Gasteiger partial charge in [-0.15, -0.1) is 0 Å². The van der Waals surface area contributed by atoms with Gasteiger partial charge in [-0.05, 0) is 55.2 Å². The van der Waals surface area contributed by atoms with Gasteiger partial charge in [0.1, 0.15) is 15.5 Å². The quantitative estimate of drug-likeness (QED) is 0.772. The molecule has 146 valence electrons. The Bertz CT molecular complexity index is 979. The first-order chi connectivity index (χ1) is 12.3. The first-order valence-electron chi connectivity index (χ1n) is 8.38. The molecule has 4 nitrogen and oxygen atoms in total. The first-order valence-corrected chi connectivity index (χ1v) is 10.2. The number of carbonyl (C=O) groups excluding carboxylic acids is 1. The molecule has 0 aliphatic rings. The van der Waals surface area contributed by atoms with Crippen LogP contribution in [0.4, 0.5) is 10.1 Å². The molecule has 0 bridgehead atoms. The highest BCUT2D eigenvalue weighted by Crippen LogP contribution is 2.31. The predicted octanol–water partition coefficient (Wildman–Crippen LogP) is 4.97. The van der Waals surface area contributed by atoms with Crippen molar-refractivity contribution in [2.45, 2.75) is 49.7 Å². The highest BCUT2D eigenvalue weighted by Gasteiger charge is 2.44. The standard InChI is InChI=1S/C20H23ClFNO3S/c1-19(2,3)13-7-6-8-15(11-13)23-18(24)20(4,5)27(25,26)17-10-9-14(21)12-16(17)22/h6-12H,1-5H3,(H,23,24). The summed E-state index contributed by atoms with van der Waals surface area (Å²) in [5.74, 6) is -1.74. The number of rotatable bonds is 4. The fourth-order valence-corrected chi connectivity index (χ4v) is 4.00. The number of anilines is 1. The summed E-state index contributed by atoms with van der Waals surface area (Å²) in [6.07, 6.45) is 0. The lowest BCUT2D eigenvalue weighted by atomic mass is 9.87. The molecular formula is C20H23ClFNO3S. The van der Waals surface area contributed by atoms with Crippen LogP contribution in [0.2, 0.25) is 5.02 Å². The number of halogens is 2. The zero-order valence-corrected chi connectivity index (χ0v) is 17.5. The van der Waals surface area contributed by atoms with Crippen molar-refractivity contribution < 1.29 is 17.6 Å². The van der Waals surface area contributed by atoms with Gasteiger partial charge in [0, 0.05) is 10.7 Å². The fraction of sp³-hybridized carbons (Fsp3) is 0.350. The average Bonchev–Trinajstić information content (AvgIpc) is 2.53. The molecule has 27 heavy (non-hydrogen) atoms. The van der Waals surface area contributed by atoms with Crippen molar-refractivity contribution in [3.05, 3.63) is 58.9 Å². The lowest BCUT2D eigenvalue weighted by molar-refractivity contribution is -0.117. The SMILES string of the molecule is CC(C)(C)c1cccc(NC(=O)C(C)(C)S(=O)(=O)c2ccc(Cl)cc2F)c1. The molecule has 0 radical (unpaired) electrons. The van der Waals surface area contributed by atoms with Gasteiger partial charge in [0.25, 0.3) is 0 Å². The van der Waals surface area contributed by atoms with E-state index in [0.717, 1.165) is 17.7 Å². The van der Waals surface area contributed by atoms with Gasteiger partial charge in [-0.2, -0.15) is 0 Å². The van der Waals surface area contributed by atoms with Crippen LogP contribution in [0, 0.1) is 5.82 Å². The zero-order valence-electron chi connectivity index (χ0n) is 15.9. The second-order valence-electron chi connectivity index (χ2n) is 7.87. The summed E-state index contributed by atoms with van der Waals surface area (Å²) in [6, 6.07) is 10.5. The van der Waals surface area contributed by atoms with Gasteiger partial charge in [0.2, 0.25) is 5.91 Å². The summed E-state index contributed by atoms with van der Waals surface area (Å²) in [7, 11) is -4.29. The minimum absolute atomic E-state index is 0.0766. The van der Waals surface area contributed by atoms with E-state index in [9.17, 15) is 17.6 Å². The number of hydrogen-bond donors (Lipinski definition) is 1. The van der Waals surface area contributed by atoms with Crippen LogP contribution in [-0.4, -0.2) is 19.1 Å². The second-order valence-corrected chi connectivity index (χ2v) is 10.8. The Balaban J connectivity index is 2.37. The maximum Gasteiger partial charge on any atom is 0.245 e. The predicted molar refractivity (Wildman–Crippen MR) is 106 cm³/mol. The van der Waals surface area contributed by atoms with Crippen LogP contribution in [0.25, 0.3) is 0 Å². The van der Waals surface area contributed by atoms with Crippen LogP contribution in [0.15, 0.2) is 47.4 Å². The number of carbonyl (C=O) groups is 1. The van der Waals surface area contributed by atoms with Gasteiger partial charge in [-0.1, -0.05) is 44.5 Å². The third-order valence-corrected chi connectivity index (χ3v) is 7.06. The molecule has 0 aliphatic carbocycles. The fourth-order valence-electron chi connectivity index (χ4n) is 2.44. The van der Waals surface area contributed by atoms with E-state index in [4.69, 9.17) is 11.6 Å². The first kappa shape index (κ1) is 21.4. The summed E-state index contributed by atoms with van der Waals surface area (Å²) in [6.45, 7) is 8.60. The van der Waals surface area contributed by atoms with Gasteiger partial charge in [-0.25, -0.2) is 12.8 Å². The maximum absolute atomic E-state index is 14.2. The lowest BCUT2D eigenvalue weighted by Crippen LogP contribution is -2.44. The molecule has 0 aromatic heterocycles. The van der Waals surface area contributed by atoms with Crippen LogP contribution >= 0.6 is 11.6 Å². The topological polar surface area (TPSA) is 63.2 Å². The summed E-state index contributed by atoms with van der Waals surface area (Å²) < 4.78 is 38.1. The van der Waals surface area contributed by atoms with Crippen LogP contribution in [0.1, 0.15) is 40.2 Å². The van der Waals surface area contributed by atoms with Crippen LogP contribution < -0.4 is 5.32 Å². The van der Waals surface area contributed by atoms with E-state index in [1.165, 1.54) is 19.9 Å². The molecule has 2 aromatic rings. The molecule has 0 spiro atoms. The molecule has 1 amide bonds. The van der Waals surface area contributed by atoms with E-state index < -0.39 is 31.2 Å². The van der Waals surface area contributed by atoms with E-state index in [2.05, 4.69) is 5.32 Å². The van der Waals surface area contributed by atoms with Crippen molar-refractivity contribution >= 4 is 33.0 Å². The van der Waals surface area contributed by atoms with Crippen LogP contribution in [0.5, 0.6) is 0 Å². The van der Waals surface area contributed by atoms with Gasteiger partial charge in [0.15, 0.2) is 9.84 Å². The minimum atomic E-state index is -4.29. The maximum atomic E-state index is 14.2. The van der Waals surface area contributed by atoms with Crippen LogP contribution in [0.3, 0.4) is 0 Å². The smallest absolute Gasteiger partial charge is 0.245 e. The Morgan fingerprint density at radius 1 is 1.04 bits per heavy atom. The van der Waals surface area contributed by atoms with Gasteiger partial charge in [-0.3, -0.25) is 4.79 Å². The Kier molecular flexibility index (Phi) is 5.74. The van der Waals surface area contributed by atoms with Crippen molar-refractivity contribution in [2.75, 3.05) is 5.32 Å². The molecule has 0 atom stereocenters. The summed E-state index contributed by atoms with van der Waals surface area (Å²) >= 11 is 5.69. The number of sulfone groups is 1. The third kappa shape index (κ3) is 4.33. The van der Waals surface area contributed by atoms with Crippen molar-refractivity contribution in [2.24, 2.45) is 0 Å². The van der Waals surface area contributed by atoms with E-state index in [1.54, 1.807) is 18.2 Å². The summed E-state index contributed by atoms with van der Waals surface area (Å²) in [4.78, 5) is 12.2. The minimum Gasteiger partial charge on any atom is -0.325 e. The van der Waals surface area contributed by atoms with E-state index in [0.29, 0.717) is 5.69 Å². The normalized spacial score (nSPS) is 12.7. The Labute approximate surface area is 164 Å². The van der Waals surface area contributed by atoms with Crippen LogP contribution in [-0.2, 0) is 20.0 Å². The Morgan fingerprint density at radius 3 is 2.22 bits per heavy atom. The van der Waals surface area contributed by atoms with E-state index >= 15 is 0 Å². The largest absolute Gasteiger partial charge is 0.325 e. The molecule has 0 aliphatic heterocycles. The van der Waals surface area contributed by atoms with E-state index in [1.807, 2.05) is 26.8 Å². The molecule has 0 unspecified atom stereocenters. The number of hydrogen-bond acceptors (Lipinski definition) is 3. The number of amides is 1. The third-order valence-electron chi connectivity index (χ3n) is 4.39. The molecule has 0 heterocycles. The monoisotopic (exact) mass is 411 g/mol. The van der Waals surface area contributed by atoms with Crippen molar-refractivity contribution in [1.29, 1.82) is 0 Å². The molecule has 0 fully saturated rings. The zero-order chi connectivity index (χ0) is 20.6. The van der Waals surface area contributed by atoms with Gasteiger partial charge < -0.3 is 5.32 Å². The summed E-state index contributed by atoms with van der Waals surface area (Å²) in [5.41, 5.74) is 1.34. The lowest BCUT2D eigenvalue weighted by Gasteiger charge is -2.25. The van der Waals surface area contributed by atoms with Crippen molar-refractivity contribution in [3.8, 4) is 0 Å². The molecular weight excluding hydrogens is 389 g/mol. The van der Waals surface area contributed by atoms with Gasteiger partial charge >= 0.3 is 0 Å². The van der Waals surface area contributed by atoms with Gasteiger partial charge in [0.05, 0.1) is 0 Å². The molecule has 0 saturated heterocycles. The Morgan fingerprint density at radius 2 is 1.67 bits per heavy atom. The van der Waals surface area contributed by atoms with Crippen molar-refractivity contribution in [3.63, 3.8) is 0 Å². The number of nitrogens with one attached hydrogen (secondary N) is 1.